The summed E-state index contributed by atoms with van der Waals surface area (Å²) >= 11 is 0. The number of benzene rings is 1. The molecule has 0 aromatic heterocycles. The molecule has 0 atom stereocenters. The Bertz CT molecular complexity index is 1110. The number of hydrogen-bond donors (Lipinski definition) is 0. The van der Waals surface area contributed by atoms with E-state index in [1.165, 1.54) is 6.92 Å². The van der Waals surface area contributed by atoms with Crippen molar-refractivity contribution in [2.24, 2.45) is 0 Å². The number of ether oxygens (including phenoxy) is 7. The summed E-state index contributed by atoms with van der Waals surface area (Å²) in [7, 11) is 0. The zero-order valence-electron chi connectivity index (χ0n) is 24.4. The summed E-state index contributed by atoms with van der Waals surface area (Å²) in [6, 6.07) is 8.92. The van der Waals surface area contributed by atoms with Gasteiger partial charge in [0.25, 0.3) is 0 Å². The van der Waals surface area contributed by atoms with Crippen LogP contribution in [0.2, 0.25) is 0 Å². The van der Waals surface area contributed by atoms with Gasteiger partial charge in [-0.05, 0) is 25.3 Å². The smallest absolute Gasteiger partial charge is 0.317 e. The minimum Gasteiger partial charge on any atom is -0.462 e. The second kappa shape index (κ2) is 22.7. The van der Waals surface area contributed by atoms with Crippen LogP contribution in [0.15, 0.2) is 30.3 Å². The molecule has 44 heavy (non-hydrogen) atoms. The zero-order valence-corrected chi connectivity index (χ0v) is 24.4. The zero-order chi connectivity index (χ0) is 32.6. The van der Waals surface area contributed by atoms with Gasteiger partial charge in [0, 0.05) is 25.7 Å². The van der Waals surface area contributed by atoms with E-state index in [1.54, 1.807) is 24.3 Å². The van der Waals surface area contributed by atoms with Crippen molar-refractivity contribution in [3.05, 3.63) is 35.9 Å². The third-order valence-electron chi connectivity index (χ3n) is 5.11. The van der Waals surface area contributed by atoms with Gasteiger partial charge in [0.05, 0.1) is 0 Å². The van der Waals surface area contributed by atoms with Crippen LogP contribution in [0.4, 0.5) is 0 Å². The largest absolute Gasteiger partial charge is 0.462 e. The molecule has 0 heterocycles. The highest BCUT2D eigenvalue weighted by Crippen LogP contribution is 2.04. The summed E-state index contributed by atoms with van der Waals surface area (Å²) in [4.78, 5) is 92.0. The van der Waals surface area contributed by atoms with Crippen LogP contribution in [0.25, 0.3) is 0 Å². The Labute approximate surface area is 253 Å². The fraction of sp³-hybridized carbons (Fsp3) is 0.517. The topological polar surface area (TPSA) is 201 Å². The second-order valence-corrected chi connectivity index (χ2v) is 8.94. The minimum absolute atomic E-state index is 0.0272. The van der Waals surface area contributed by atoms with Crippen LogP contribution >= 0.6 is 0 Å². The number of Topliss-reactive ketones (excluding diaryl/α,β-unsaturated/α-hetero) is 1. The second-order valence-electron chi connectivity index (χ2n) is 8.94. The van der Waals surface area contributed by atoms with Crippen molar-refractivity contribution in [1.82, 2.24) is 0 Å². The lowest BCUT2D eigenvalue weighted by molar-refractivity contribution is -0.167. The molecule has 0 aliphatic rings. The van der Waals surface area contributed by atoms with Crippen molar-refractivity contribution in [2.45, 2.75) is 64.9 Å². The Morgan fingerprint density at radius 2 is 0.864 bits per heavy atom. The standard InChI is InChI=1S/C29H36O15/c1-21(30)17-27(35)40-15-13-38-23(31)9-5-11-25(33)43-20-44-26(34)12-6-10-24(32)39-14-16-41-28(36)18-29(37)42-19-22-7-3-2-4-8-22/h2-4,7-8H,5-6,9-20H2,1H3. The molecule has 0 saturated heterocycles. The van der Waals surface area contributed by atoms with Crippen LogP contribution in [0.3, 0.4) is 0 Å². The van der Waals surface area contributed by atoms with E-state index in [0.29, 0.717) is 0 Å². The molecule has 0 aliphatic heterocycles. The average Bonchev–Trinajstić information content (AvgIpc) is 2.96. The van der Waals surface area contributed by atoms with Gasteiger partial charge < -0.3 is 33.2 Å². The van der Waals surface area contributed by atoms with Crippen LogP contribution in [0.5, 0.6) is 0 Å². The quantitative estimate of drug-likeness (QED) is 0.0592. The summed E-state index contributed by atoms with van der Waals surface area (Å²) in [6.45, 7) is -0.245. The van der Waals surface area contributed by atoms with Gasteiger partial charge >= 0.3 is 41.8 Å². The maximum Gasteiger partial charge on any atom is 0.317 e. The van der Waals surface area contributed by atoms with Crippen molar-refractivity contribution >= 4 is 47.6 Å². The summed E-state index contributed by atoms with van der Waals surface area (Å²) < 4.78 is 33.7. The molecule has 0 saturated carbocycles. The number of rotatable bonds is 22. The van der Waals surface area contributed by atoms with E-state index in [2.05, 4.69) is 0 Å². The molecule has 0 unspecified atom stereocenters. The van der Waals surface area contributed by atoms with Crippen LogP contribution in [0.1, 0.15) is 63.9 Å². The van der Waals surface area contributed by atoms with E-state index < -0.39 is 55.0 Å². The predicted molar refractivity (Wildman–Crippen MR) is 145 cm³/mol. The van der Waals surface area contributed by atoms with Gasteiger partial charge in [0.1, 0.15) is 51.7 Å². The van der Waals surface area contributed by atoms with E-state index >= 15 is 0 Å². The van der Waals surface area contributed by atoms with Crippen LogP contribution < -0.4 is 0 Å². The highest BCUT2D eigenvalue weighted by atomic mass is 16.7. The SMILES string of the molecule is CC(=O)CC(=O)OCCOC(=O)CCCC(=O)OCOC(=O)CCCC(=O)OCCOC(=O)CC(=O)OCc1ccccc1. The maximum atomic E-state index is 11.7. The first-order valence-corrected chi connectivity index (χ1v) is 13.7. The van der Waals surface area contributed by atoms with Gasteiger partial charge in [-0.15, -0.1) is 0 Å². The van der Waals surface area contributed by atoms with Gasteiger partial charge in [-0.3, -0.25) is 38.4 Å². The fourth-order valence-electron chi connectivity index (χ4n) is 3.04. The lowest BCUT2D eigenvalue weighted by Crippen LogP contribution is -2.17. The summed E-state index contributed by atoms with van der Waals surface area (Å²) in [5.74, 6) is -5.34. The van der Waals surface area contributed by atoms with Gasteiger partial charge in [-0.2, -0.15) is 0 Å². The molecule has 1 rings (SSSR count). The Morgan fingerprint density at radius 1 is 0.477 bits per heavy atom. The highest BCUT2D eigenvalue weighted by molar-refractivity contribution is 5.94. The van der Waals surface area contributed by atoms with Crippen molar-refractivity contribution in [3.63, 3.8) is 0 Å². The number of hydrogen-bond acceptors (Lipinski definition) is 15. The molecule has 1 aromatic carbocycles. The van der Waals surface area contributed by atoms with Gasteiger partial charge in [0.15, 0.2) is 0 Å². The first kappa shape index (κ1) is 37.2. The Kier molecular flexibility index (Phi) is 19.2. The molecule has 242 valence electrons. The normalized spacial score (nSPS) is 10.1. The molecule has 0 aliphatic carbocycles. The van der Waals surface area contributed by atoms with Crippen molar-refractivity contribution in [3.8, 4) is 0 Å². The van der Waals surface area contributed by atoms with Gasteiger partial charge in [0.2, 0.25) is 6.79 Å². The molecule has 0 radical (unpaired) electrons. The Hall–Kier alpha value is -4.82. The average molecular weight is 625 g/mol. The molecule has 15 heteroatoms. The van der Waals surface area contributed by atoms with Crippen LogP contribution in [0, 0.1) is 0 Å². The maximum absolute atomic E-state index is 11.7. The molecular formula is C29H36O15. The molecular weight excluding hydrogens is 588 g/mol. The van der Waals surface area contributed by atoms with Crippen LogP contribution in [-0.2, 0) is 78.1 Å². The third-order valence-corrected chi connectivity index (χ3v) is 5.11. The van der Waals surface area contributed by atoms with Crippen LogP contribution in [-0.4, -0.2) is 80.8 Å². The lowest BCUT2D eigenvalue weighted by Gasteiger charge is -2.08. The molecule has 0 spiro atoms. The van der Waals surface area contributed by atoms with Gasteiger partial charge in [-0.25, -0.2) is 0 Å². The fourth-order valence-corrected chi connectivity index (χ4v) is 3.04. The molecule has 15 nitrogen and oxygen atoms in total. The highest BCUT2D eigenvalue weighted by Gasteiger charge is 2.14. The van der Waals surface area contributed by atoms with Crippen molar-refractivity contribution < 1.29 is 71.5 Å². The van der Waals surface area contributed by atoms with E-state index in [1.807, 2.05) is 6.07 Å². The molecule has 0 bridgehead atoms. The first-order valence-electron chi connectivity index (χ1n) is 13.7. The minimum atomic E-state index is -0.829. The van der Waals surface area contributed by atoms with E-state index in [0.717, 1.165) is 5.56 Å². The summed E-state index contributed by atoms with van der Waals surface area (Å²) in [5.41, 5.74) is 0.771. The summed E-state index contributed by atoms with van der Waals surface area (Å²) in [6.07, 6.45) is -1.25. The third kappa shape index (κ3) is 21.0. The number of carbonyl (C=O) groups is 8. The number of carbonyl (C=O) groups excluding carboxylic acids is 8. The van der Waals surface area contributed by atoms with E-state index in [4.69, 9.17) is 33.2 Å². The Morgan fingerprint density at radius 3 is 1.32 bits per heavy atom. The van der Waals surface area contributed by atoms with E-state index in [9.17, 15) is 38.4 Å². The number of esters is 7. The lowest BCUT2D eigenvalue weighted by atomic mass is 10.2. The Balaban J connectivity index is 1.98. The van der Waals surface area contributed by atoms with Gasteiger partial charge in [-0.1, -0.05) is 30.3 Å². The summed E-state index contributed by atoms with van der Waals surface area (Å²) in [5, 5.41) is 0. The molecule has 1 aromatic rings. The van der Waals surface area contributed by atoms with Crippen molar-refractivity contribution in [1.29, 1.82) is 0 Å². The first-order chi connectivity index (χ1) is 21.0. The predicted octanol–water partition coefficient (Wildman–Crippen LogP) is 1.66. The number of ketones is 1. The monoisotopic (exact) mass is 624 g/mol. The van der Waals surface area contributed by atoms with E-state index in [-0.39, 0.29) is 83.8 Å². The molecule has 0 amide bonds. The van der Waals surface area contributed by atoms with Crippen molar-refractivity contribution in [2.75, 3.05) is 33.2 Å². The molecule has 0 N–H and O–H groups in total. The molecule has 0 fully saturated rings.